The quantitative estimate of drug-likeness (QED) is 0.379. The summed E-state index contributed by atoms with van der Waals surface area (Å²) in [5.41, 5.74) is 6.15. The van der Waals surface area contributed by atoms with Crippen molar-refractivity contribution >= 4 is 29.1 Å². The SMILES string of the molecule is Cc1ncsc1-c1ccc(CNC(=O)[C@@H]2C[C@@H](O)CN2C(=O)[C@H](C(C)C)N2CCc3ccccc3C2=O)c(OC(C)C)c1. The lowest BCUT2D eigenvalue weighted by atomic mass is 9.93. The molecule has 10 heteroatoms. The normalized spacial score (nSPS) is 19.1. The van der Waals surface area contributed by atoms with Gasteiger partial charge in [-0.1, -0.05) is 44.2 Å². The number of aromatic nitrogens is 1. The molecule has 2 aromatic carbocycles. The van der Waals surface area contributed by atoms with Crippen LogP contribution in [0.2, 0.25) is 0 Å². The summed E-state index contributed by atoms with van der Waals surface area (Å²) in [5.74, 6) is -0.346. The smallest absolute Gasteiger partial charge is 0.254 e. The van der Waals surface area contributed by atoms with E-state index in [0.717, 1.165) is 27.3 Å². The molecule has 2 aliphatic rings. The van der Waals surface area contributed by atoms with E-state index in [9.17, 15) is 19.5 Å². The number of nitrogens with zero attached hydrogens (tertiary/aromatic N) is 3. The number of likely N-dealkylation sites (tertiary alicyclic amines) is 1. The van der Waals surface area contributed by atoms with Crippen molar-refractivity contribution < 1.29 is 24.2 Å². The van der Waals surface area contributed by atoms with Crippen molar-refractivity contribution in [3.8, 4) is 16.2 Å². The number of fused-ring (bicyclic) bond motifs is 1. The predicted octanol–water partition coefficient (Wildman–Crippen LogP) is 4.21. The van der Waals surface area contributed by atoms with Gasteiger partial charge in [-0.25, -0.2) is 4.98 Å². The van der Waals surface area contributed by atoms with Crippen LogP contribution in [0.25, 0.3) is 10.4 Å². The van der Waals surface area contributed by atoms with E-state index in [0.29, 0.717) is 24.3 Å². The Morgan fingerprint density at radius 3 is 2.63 bits per heavy atom. The topological polar surface area (TPSA) is 112 Å². The van der Waals surface area contributed by atoms with Gasteiger partial charge in [-0.15, -0.1) is 11.3 Å². The van der Waals surface area contributed by atoms with E-state index < -0.39 is 18.2 Å². The third-order valence-corrected chi connectivity index (χ3v) is 9.08. The fourth-order valence-corrected chi connectivity index (χ4v) is 6.85. The Labute approximate surface area is 256 Å². The zero-order valence-corrected chi connectivity index (χ0v) is 26.2. The molecule has 43 heavy (non-hydrogen) atoms. The third-order valence-electron chi connectivity index (χ3n) is 8.11. The molecule has 1 fully saturated rings. The molecule has 2 aliphatic heterocycles. The van der Waals surface area contributed by atoms with Crippen LogP contribution in [0.15, 0.2) is 48.0 Å². The molecule has 0 spiro atoms. The summed E-state index contributed by atoms with van der Waals surface area (Å²) in [6.07, 6.45) is -0.0968. The van der Waals surface area contributed by atoms with Crippen LogP contribution in [0.1, 0.15) is 61.3 Å². The first-order chi connectivity index (χ1) is 20.5. The van der Waals surface area contributed by atoms with Crippen molar-refractivity contribution in [3.63, 3.8) is 0 Å². The minimum absolute atomic E-state index is 0.0450. The predicted molar refractivity (Wildman–Crippen MR) is 166 cm³/mol. The zero-order chi connectivity index (χ0) is 30.8. The highest BCUT2D eigenvalue weighted by Crippen LogP contribution is 2.33. The molecule has 0 saturated carbocycles. The Kier molecular flexibility index (Phi) is 9.17. The molecule has 1 saturated heterocycles. The summed E-state index contributed by atoms with van der Waals surface area (Å²) in [6.45, 7) is 10.4. The number of nitrogens with one attached hydrogen (secondary N) is 1. The van der Waals surface area contributed by atoms with E-state index in [1.807, 2.05) is 76.5 Å². The highest BCUT2D eigenvalue weighted by Gasteiger charge is 2.45. The molecule has 228 valence electrons. The molecule has 9 nitrogen and oxygen atoms in total. The molecule has 3 amide bonds. The number of carbonyl (C=O) groups excluding carboxylic acids is 3. The number of benzene rings is 2. The standard InChI is InChI=1S/C33H40N4O5S/c1-19(2)29(36-13-12-22-8-6-7-9-26(22)32(36)40)33(41)37-17-25(38)15-27(37)31(39)34-16-24-11-10-23(14-28(24)42-20(3)4)30-21(5)35-18-43-30/h6-11,14,18-20,25,27,29,38H,12-13,15-17H2,1-5H3,(H,34,39)/t25-,27+,29+/m1/s1. The van der Waals surface area contributed by atoms with Gasteiger partial charge in [0.1, 0.15) is 17.8 Å². The van der Waals surface area contributed by atoms with Gasteiger partial charge in [-0.3, -0.25) is 14.4 Å². The Bertz CT molecular complexity index is 1500. The number of β-amino-alcohol motifs (C(OH)–C–C–N with tert-alkyl or cyclic N) is 1. The number of hydrogen-bond donors (Lipinski definition) is 2. The monoisotopic (exact) mass is 604 g/mol. The zero-order valence-electron chi connectivity index (χ0n) is 25.4. The van der Waals surface area contributed by atoms with Crippen LogP contribution in [-0.4, -0.2) is 75.0 Å². The Balaban J connectivity index is 1.33. The van der Waals surface area contributed by atoms with Crippen LogP contribution in [0, 0.1) is 12.8 Å². The largest absolute Gasteiger partial charge is 0.491 e. The molecule has 3 atom stereocenters. The molecule has 5 rings (SSSR count). The number of rotatable bonds is 9. The number of ether oxygens (including phenoxy) is 1. The van der Waals surface area contributed by atoms with Crippen LogP contribution in [-0.2, 0) is 22.6 Å². The number of aliphatic hydroxyl groups is 1. The van der Waals surface area contributed by atoms with Crippen molar-refractivity contribution in [2.75, 3.05) is 13.1 Å². The van der Waals surface area contributed by atoms with Crippen molar-refractivity contribution in [2.45, 2.75) is 78.3 Å². The van der Waals surface area contributed by atoms with Gasteiger partial charge < -0.3 is 25.0 Å². The minimum Gasteiger partial charge on any atom is -0.491 e. The lowest BCUT2D eigenvalue weighted by Gasteiger charge is -2.39. The molecule has 1 aromatic heterocycles. The number of thiazole rings is 1. The van der Waals surface area contributed by atoms with Gasteiger partial charge in [0.25, 0.3) is 5.91 Å². The maximum absolute atomic E-state index is 14.0. The third kappa shape index (κ3) is 6.45. The van der Waals surface area contributed by atoms with Gasteiger partial charge in [0.15, 0.2) is 0 Å². The number of amides is 3. The lowest BCUT2D eigenvalue weighted by molar-refractivity contribution is -0.143. The summed E-state index contributed by atoms with van der Waals surface area (Å²) < 4.78 is 6.11. The van der Waals surface area contributed by atoms with E-state index in [2.05, 4.69) is 10.3 Å². The first-order valence-corrected chi connectivity index (χ1v) is 15.8. The molecule has 3 aromatic rings. The second-order valence-electron chi connectivity index (χ2n) is 12.0. The van der Waals surface area contributed by atoms with E-state index in [1.165, 1.54) is 4.90 Å². The molecule has 3 heterocycles. The summed E-state index contributed by atoms with van der Waals surface area (Å²) in [7, 11) is 0. The van der Waals surface area contributed by atoms with Crippen molar-refractivity contribution in [3.05, 3.63) is 70.4 Å². The highest BCUT2D eigenvalue weighted by molar-refractivity contribution is 7.13. The second kappa shape index (κ2) is 12.9. The Morgan fingerprint density at radius 1 is 1.16 bits per heavy atom. The maximum atomic E-state index is 14.0. The minimum atomic E-state index is -0.843. The fraction of sp³-hybridized carbons (Fsp3) is 0.455. The molecule has 0 radical (unpaired) electrons. The Morgan fingerprint density at radius 2 is 1.93 bits per heavy atom. The van der Waals surface area contributed by atoms with Gasteiger partial charge in [-0.05, 0) is 56.4 Å². The second-order valence-corrected chi connectivity index (χ2v) is 12.8. The highest BCUT2D eigenvalue weighted by atomic mass is 32.1. The average Bonchev–Trinajstić information content (AvgIpc) is 3.58. The number of carbonyl (C=O) groups is 3. The summed E-state index contributed by atoms with van der Waals surface area (Å²) >= 11 is 1.56. The molecule has 0 unspecified atom stereocenters. The van der Waals surface area contributed by atoms with Crippen LogP contribution in [0.3, 0.4) is 0 Å². The fourth-order valence-electron chi connectivity index (χ4n) is 6.05. The van der Waals surface area contributed by atoms with Crippen LogP contribution < -0.4 is 10.1 Å². The van der Waals surface area contributed by atoms with Gasteiger partial charge in [-0.2, -0.15) is 0 Å². The van der Waals surface area contributed by atoms with Crippen LogP contribution in [0.5, 0.6) is 5.75 Å². The van der Waals surface area contributed by atoms with Crippen molar-refractivity contribution in [1.82, 2.24) is 20.1 Å². The number of hydrogen-bond acceptors (Lipinski definition) is 7. The molecule has 2 N–H and O–H groups in total. The lowest BCUT2D eigenvalue weighted by Crippen LogP contribution is -2.57. The first kappa shape index (κ1) is 30.7. The van der Waals surface area contributed by atoms with Crippen LogP contribution >= 0.6 is 11.3 Å². The molecular formula is C33H40N4O5S. The van der Waals surface area contributed by atoms with Gasteiger partial charge in [0, 0.05) is 37.2 Å². The van der Waals surface area contributed by atoms with Crippen molar-refractivity contribution in [2.24, 2.45) is 5.92 Å². The number of aliphatic hydroxyl groups excluding tert-OH is 1. The van der Waals surface area contributed by atoms with Gasteiger partial charge in [0.2, 0.25) is 11.8 Å². The first-order valence-electron chi connectivity index (χ1n) is 14.9. The number of aryl methyl sites for hydroxylation is 1. The van der Waals surface area contributed by atoms with Gasteiger partial charge >= 0.3 is 0 Å². The van der Waals surface area contributed by atoms with E-state index in [1.54, 1.807) is 22.3 Å². The van der Waals surface area contributed by atoms with E-state index in [4.69, 9.17) is 4.74 Å². The van der Waals surface area contributed by atoms with E-state index >= 15 is 0 Å². The summed E-state index contributed by atoms with van der Waals surface area (Å²) in [5, 5.41) is 13.6. The molecule has 0 aliphatic carbocycles. The molecular weight excluding hydrogens is 564 g/mol. The van der Waals surface area contributed by atoms with Crippen LogP contribution in [0.4, 0.5) is 0 Å². The average molecular weight is 605 g/mol. The summed E-state index contributed by atoms with van der Waals surface area (Å²) in [4.78, 5) is 49.6. The van der Waals surface area contributed by atoms with Crippen molar-refractivity contribution in [1.29, 1.82) is 0 Å². The van der Waals surface area contributed by atoms with Gasteiger partial charge in [0.05, 0.1) is 28.3 Å². The maximum Gasteiger partial charge on any atom is 0.254 e. The summed E-state index contributed by atoms with van der Waals surface area (Å²) in [6, 6.07) is 11.8. The Hall–Kier alpha value is -3.76. The molecule has 0 bridgehead atoms. The van der Waals surface area contributed by atoms with E-state index in [-0.39, 0.29) is 49.3 Å².